The van der Waals surface area contributed by atoms with E-state index in [2.05, 4.69) is 70.7 Å². The summed E-state index contributed by atoms with van der Waals surface area (Å²) in [6.07, 6.45) is 0.975. The Morgan fingerprint density at radius 3 is 2.60 bits per heavy atom. The van der Waals surface area contributed by atoms with E-state index in [-0.39, 0.29) is 0 Å². The number of benzene rings is 1. The van der Waals surface area contributed by atoms with Crippen molar-refractivity contribution in [1.29, 1.82) is 0 Å². The molecule has 0 saturated heterocycles. The van der Waals surface area contributed by atoms with E-state index in [1.807, 2.05) is 11.8 Å². The molecule has 0 aliphatic carbocycles. The first-order chi connectivity index (χ1) is 9.67. The van der Waals surface area contributed by atoms with E-state index >= 15 is 0 Å². The number of hydrogen-bond donors (Lipinski definition) is 0. The highest BCUT2D eigenvalue weighted by atomic mass is 79.9. The Bertz CT molecular complexity index is 578. The van der Waals surface area contributed by atoms with Gasteiger partial charge < -0.3 is 0 Å². The Morgan fingerprint density at radius 1 is 1.20 bits per heavy atom. The van der Waals surface area contributed by atoms with Gasteiger partial charge in [0.2, 0.25) is 0 Å². The summed E-state index contributed by atoms with van der Waals surface area (Å²) >= 11 is 5.66. The van der Waals surface area contributed by atoms with Gasteiger partial charge in [0.15, 0.2) is 0 Å². The summed E-state index contributed by atoms with van der Waals surface area (Å²) in [6.45, 7) is 7.40. The van der Waals surface area contributed by atoms with Crippen LogP contribution in [-0.4, -0.2) is 9.78 Å². The molecule has 0 amide bonds. The van der Waals surface area contributed by atoms with Crippen molar-refractivity contribution in [3.63, 3.8) is 0 Å². The van der Waals surface area contributed by atoms with Crippen LogP contribution in [0.4, 0.5) is 0 Å². The van der Waals surface area contributed by atoms with Crippen LogP contribution in [0, 0.1) is 6.92 Å². The van der Waals surface area contributed by atoms with Crippen LogP contribution < -0.4 is 0 Å². The predicted octanol–water partition coefficient (Wildman–Crippen LogP) is 4.97. The molecule has 0 spiro atoms. The summed E-state index contributed by atoms with van der Waals surface area (Å²) in [5.41, 5.74) is 5.27. The van der Waals surface area contributed by atoms with E-state index in [0.717, 1.165) is 24.5 Å². The molecule has 2 aromatic rings. The van der Waals surface area contributed by atoms with Gasteiger partial charge in [0, 0.05) is 18.1 Å². The fraction of sp³-hybridized carbons (Fsp3) is 0.438. The van der Waals surface area contributed by atoms with Crippen LogP contribution in [0.25, 0.3) is 0 Å². The van der Waals surface area contributed by atoms with Gasteiger partial charge in [-0.1, -0.05) is 31.2 Å². The molecule has 1 aromatic carbocycles. The molecular formula is C16H21BrN2S. The van der Waals surface area contributed by atoms with Crippen LogP contribution in [0.3, 0.4) is 0 Å². The molecule has 0 aliphatic heterocycles. The lowest BCUT2D eigenvalue weighted by atomic mass is 10.1. The third-order valence-electron chi connectivity index (χ3n) is 3.45. The van der Waals surface area contributed by atoms with Gasteiger partial charge in [-0.3, -0.25) is 4.68 Å². The van der Waals surface area contributed by atoms with Crippen molar-refractivity contribution < 1.29 is 0 Å². The Kier molecular flexibility index (Phi) is 5.73. The molecule has 108 valence electrons. The van der Waals surface area contributed by atoms with Crippen LogP contribution in [0.1, 0.15) is 36.4 Å². The van der Waals surface area contributed by atoms with E-state index < -0.39 is 0 Å². The first-order valence-electron chi connectivity index (χ1n) is 7.03. The highest BCUT2D eigenvalue weighted by Crippen LogP contribution is 2.28. The lowest BCUT2D eigenvalue weighted by Crippen LogP contribution is -2.02. The maximum atomic E-state index is 4.65. The van der Waals surface area contributed by atoms with Gasteiger partial charge in [-0.2, -0.15) is 16.9 Å². The van der Waals surface area contributed by atoms with Gasteiger partial charge in [0.25, 0.3) is 0 Å². The molecule has 4 heteroatoms. The highest BCUT2D eigenvalue weighted by molar-refractivity contribution is 9.10. The van der Waals surface area contributed by atoms with Crippen molar-refractivity contribution in [3.05, 3.63) is 51.3 Å². The number of aryl methyl sites for hydroxylation is 3. The van der Waals surface area contributed by atoms with Crippen molar-refractivity contribution in [3.8, 4) is 0 Å². The smallest absolute Gasteiger partial charge is 0.0767 e. The van der Waals surface area contributed by atoms with Gasteiger partial charge in [-0.15, -0.1) is 0 Å². The standard InChI is InChI=1S/C16H21BrN2S/c1-4-14-16(17)15(19(5-2)18-14)11-20-10-13-9-7-6-8-12(13)3/h6-9H,4-5,10-11H2,1-3H3. The molecule has 0 N–H and O–H groups in total. The summed E-state index contributed by atoms with van der Waals surface area (Å²) < 4.78 is 3.31. The van der Waals surface area contributed by atoms with Gasteiger partial charge in [0.1, 0.15) is 0 Å². The quantitative estimate of drug-likeness (QED) is 0.730. The van der Waals surface area contributed by atoms with Crippen molar-refractivity contribution in [2.24, 2.45) is 0 Å². The van der Waals surface area contributed by atoms with Crippen molar-refractivity contribution in [2.75, 3.05) is 0 Å². The molecule has 2 nitrogen and oxygen atoms in total. The molecule has 0 fully saturated rings. The molecule has 0 saturated carbocycles. The molecular weight excluding hydrogens is 332 g/mol. The van der Waals surface area contributed by atoms with Crippen molar-refractivity contribution >= 4 is 27.7 Å². The monoisotopic (exact) mass is 352 g/mol. The second kappa shape index (κ2) is 7.32. The molecule has 0 unspecified atom stereocenters. The summed E-state index contributed by atoms with van der Waals surface area (Å²) in [5.74, 6) is 2.05. The predicted molar refractivity (Wildman–Crippen MR) is 91.2 cm³/mol. The zero-order valence-electron chi connectivity index (χ0n) is 12.3. The average molecular weight is 353 g/mol. The zero-order chi connectivity index (χ0) is 14.5. The normalized spacial score (nSPS) is 11.0. The topological polar surface area (TPSA) is 17.8 Å². The van der Waals surface area contributed by atoms with Crippen molar-refractivity contribution in [1.82, 2.24) is 9.78 Å². The fourth-order valence-electron chi connectivity index (χ4n) is 2.18. The number of nitrogens with zero attached hydrogens (tertiary/aromatic N) is 2. The average Bonchev–Trinajstić information content (AvgIpc) is 2.77. The minimum absolute atomic E-state index is 0.929. The number of hydrogen-bond acceptors (Lipinski definition) is 2. The third-order valence-corrected chi connectivity index (χ3v) is 5.36. The van der Waals surface area contributed by atoms with Crippen LogP contribution in [0.5, 0.6) is 0 Å². The largest absolute Gasteiger partial charge is 0.268 e. The van der Waals surface area contributed by atoms with Crippen molar-refractivity contribution in [2.45, 2.75) is 45.2 Å². The van der Waals surface area contributed by atoms with Gasteiger partial charge >= 0.3 is 0 Å². The summed E-state index contributed by atoms with van der Waals surface area (Å²) in [6, 6.07) is 8.60. The third kappa shape index (κ3) is 3.47. The second-order valence-electron chi connectivity index (χ2n) is 4.80. The van der Waals surface area contributed by atoms with E-state index in [9.17, 15) is 0 Å². The number of thioether (sulfide) groups is 1. The lowest BCUT2D eigenvalue weighted by Gasteiger charge is -2.07. The molecule has 0 radical (unpaired) electrons. The Morgan fingerprint density at radius 2 is 1.95 bits per heavy atom. The maximum Gasteiger partial charge on any atom is 0.0767 e. The second-order valence-corrected chi connectivity index (χ2v) is 6.57. The van der Waals surface area contributed by atoms with Gasteiger partial charge in [-0.25, -0.2) is 0 Å². The summed E-state index contributed by atoms with van der Waals surface area (Å²) in [7, 11) is 0. The summed E-state index contributed by atoms with van der Waals surface area (Å²) in [5, 5.41) is 4.65. The number of halogens is 1. The van der Waals surface area contributed by atoms with Crippen LogP contribution in [0.2, 0.25) is 0 Å². The molecule has 0 atom stereocenters. The van der Waals surface area contributed by atoms with Crippen LogP contribution in [0.15, 0.2) is 28.7 Å². The van der Waals surface area contributed by atoms with E-state index in [0.29, 0.717) is 0 Å². The SMILES string of the molecule is CCc1nn(CC)c(CSCc2ccccc2C)c1Br. The van der Waals surface area contributed by atoms with E-state index in [1.165, 1.54) is 27.0 Å². The Hall–Kier alpha value is -0.740. The van der Waals surface area contributed by atoms with Crippen LogP contribution in [-0.2, 0) is 24.5 Å². The Labute approximate surface area is 134 Å². The lowest BCUT2D eigenvalue weighted by molar-refractivity contribution is 0.627. The van der Waals surface area contributed by atoms with E-state index in [4.69, 9.17) is 0 Å². The highest BCUT2D eigenvalue weighted by Gasteiger charge is 2.13. The maximum absolute atomic E-state index is 4.65. The first-order valence-corrected chi connectivity index (χ1v) is 8.98. The molecule has 2 rings (SSSR count). The molecule has 1 heterocycles. The van der Waals surface area contributed by atoms with E-state index in [1.54, 1.807) is 0 Å². The van der Waals surface area contributed by atoms with Crippen LogP contribution >= 0.6 is 27.7 Å². The summed E-state index contributed by atoms with van der Waals surface area (Å²) in [4.78, 5) is 0. The van der Waals surface area contributed by atoms with Gasteiger partial charge in [0.05, 0.1) is 15.9 Å². The zero-order valence-corrected chi connectivity index (χ0v) is 14.7. The fourth-order valence-corrected chi connectivity index (χ4v) is 4.21. The number of aromatic nitrogens is 2. The molecule has 20 heavy (non-hydrogen) atoms. The minimum Gasteiger partial charge on any atom is -0.268 e. The first kappa shape index (κ1) is 15.6. The molecule has 1 aromatic heterocycles. The number of rotatable bonds is 6. The van der Waals surface area contributed by atoms with Gasteiger partial charge in [-0.05, 0) is 47.3 Å². The Balaban J connectivity index is 2.04. The molecule has 0 bridgehead atoms. The molecule has 0 aliphatic rings. The minimum atomic E-state index is 0.929.